The third-order valence-electron chi connectivity index (χ3n) is 4.02. The number of hydrogen-bond acceptors (Lipinski definition) is 7. The molecule has 1 amide bonds. The lowest BCUT2D eigenvalue weighted by Gasteiger charge is -2.12. The van der Waals surface area contributed by atoms with E-state index in [-0.39, 0.29) is 17.7 Å². The van der Waals surface area contributed by atoms with Crippen LogP contribution in [0.3, 0.4) is 0 Å². The van der Waals surface area contributed by atoms with E-state index in [0.717, 1.165) is 12.8 Å². The second-order valence-corrected chi connectivity index (χ2v) is 7.12. The van der Waals surface area contributed by atoms with Crippen LogP contribution in [0.2, 0.25) is 0 Å². The van der Waals surface area contributed by atoms with E-state index < -0.39 is 0 Å². The van der Waals surface area contributed by atoms with Gasteiger partial charge in [-0.3, -0.25) is 4.79 Å². The van der Waals surface area contributed by atoms with Gasteiger partial charge in [-0.05, 0) is 25.5 Å². The summed E-state index contributed by atoms with van der Waals surface area (Å²) >= 11 is 1.22. The van der Waals surface area contributed by atoms with Crippen LogP contribution in [0.4, 0.5) is 0 Å². The van der Waals surface area contributed by atoms with Crippen molar-refractivity contribution in [2.45, 2.75) is 50.8 Å². The van der Waals surface area contributed by atoms with E-state index in [4.69, 9.17) is 13.9 Å². The SMILES string of the molecule is CCCCC[C@@H](C)NC(=O)CSc1nnc(-c2ccc(OC)cc2OC)o1. The number of carbonyl (C=O) groups is 1. The Morgan fingerprint density at radius 1 is 1.26 bits per heavy atom. The Bertz CT molecular complexity index is 735. The molecule has 1 N–H and O–H groups in total. The van der Waals surface area contributed by atoms with Crippen molar-refractivity contribution in [3.05, 3.63) is 18.2 Å². The molecule has 27 heavy (non-hydrogen) atoms. The number of methoxy groups -OCH3 is 2. The zero-order valence-corrected chi connectivity index (χ0v) is 17.1. The molecule has 7 nitrogen and oxygen atoms in total. The van der Waals surface area contributed by atoms with E-state index in [1.54, 1.807) is 32.4 Å². The normalized spacial score (nSPS) is 11.9. The Hall–Kier alpha value is -2.22. The maximum Gasteiger partial charge on any atom is 0.277 e. The molecule has 0 aliphatic heterocycles. The van der Waals surface area contributed by atoms with E-state index in [1.807, 2.05) is 6.92 Å². The molecular weight excluding hydrogens is 366 g/mol. The van der Waals surface area contributed by atoms with Gasteiger partial charge >= 0.3 is 0 Å². The summed E-state index contributed by atoms with van der Waals surface area (Å²) < 4.78 is 16.2. The number of nitrogens with zero attached hydrogens (tertiary/aromatic N) is 2. The quantitative estimate of drug-likeness (QED) is 0.457. The minimum atomic E-state index is -0.0363. The highest BCUT2D eigenvalue weighted by molar-refractivity contribution is 7.99. The van der Waals surface area contributed by atoms with Crippen LogP contribution in [0.15, 0.2) is 27.8 Å². The lowest BCUT2D eigenvalue weighted by Crippen LogP contribution is -2.33. The van der Waals surface area contributed by atoms with Crippen molar-refractivity contribution in [2.24, 2.45) is 0 Å². The van der Waals surface area contributed by atoms with Crippen molar-refractivity contribution in [3.63, 3.8) is 0 Å². The summed E-state index contributed by atoms with van der Waals surface area (Å²) in [5.74, 6) is 1.79. The van der Waals surface area contributed by atoms with Gasteiger partial charge in [0.25, 0.3) is 11.1 Å². The molecule has 0 saturated heterocycles. The van der Waals surface area contributed by atoms with Crippen LogP contribution in [0.1, 0.15) is 39.5 Å². The van der Waals surface area contributed by atoms with E-state index in [1.165, 1.54) is 24.6 Å². The fourth-order valence-electron chi connectivity index (χ4n) is 2.57. The first-order valence-electron chi connectivity index (χ1n) is 9.05. The zero-order chi connectivity index (χ0) is 19.6. The molecule has 2 rings (SSSR count). The summed E-state index contributed by atoms with van der Waals surface area (Å²) in [5.41, 5.74) is 0.673. The van der Waals surface area contributed by atoms with Crippen molar-refractivity contribution in [2.75, 3.05) is 20.0 Å². The summed E-state index contributed by atoms with van der Waals surface area (Å²) in [6.45, 7) is 4.19. The van der Waals surface area contributed by atoms with E-state index >= 15 is 0 Å². The molecular formula is C19H27N3O4S. The first kappa shape index (κ1) is 21.1. The molecule has 2 aromatic rings. The predicted octanol–water partition coefficient (Wildman–Crippen LogP) is 3.93. The van der Waals surface area contributed by atoms with Crippen LogP contribution in [-0.4, -0.2) is 42.1 Å². The fourth-order valence-corrected chi connectivity index (χ4v) is 3.14. The number of nitrogens with one attached hydrogen (secondary N) is 1. The van der Waals surface area contributed by atoms with Crippen molar-refractivity contribution in [3.8, 4) is 23.0 Å². The standard InChI is InChI=1S/C19H27N3O4S/c1-5-6-7-8-13(2)20-17(23)12-27-19-22-21-18(26-19)15-10-9-14(24-3)11-16(15)25-4/h9-11,13H,5-8,12H2,1-4H3,(H,20,23)/t13-/m1/s1. The van der Waals surface area contributed by atoms with Crippen LogP contribution < -0.4 is 14.8 Å². The van der Waals surface area contributed by atoms with Crippen molar-refractivity contribution < 1.29 is 18.7 Å². The van der Waals surface area contributed by atoms with Gasteiger partial charge < -0.3 is 19.2 Å². The number of benzene rings is 1. The highest BCUT2D eigenvalue weighted by atomic mass is 32.2. The minimum absolute atomic E-state index is 0.0363. The van der Waals surface area contributed by atoms with Gasteiger partial charge in [0, 0.05) is 12.1 Å². The minimum Gasteiger partial charge on any atom is -0.497 e. The average molecular weight is 394 g/mol. The average Bonchev–Trinajstić information content (AvgIpc) is 3.14. The molecule has 0 spiro atoms. The van der Waals surface area contributed by atoms with Crippen molar-refractivity contribution in [1.82, 2.24) is 15.5 Å². The van der Waals surface area contributed by atoms with Crippen LogP contribution in [-0.2, 0) is 4.79 Å². The Morgan fingerprint density at radius 3 is 2.78 bits per heavy atom. The van der Waals surface area contributed by atoms with Gasteiger partial charge in [0.15, 0.2) is 0 Å². The molecule has 0 fully saturated rings. The van der Waals surface area contributed by atoms with Gasteiger partial charge in [0.2, 0.25) is 5.91 Å². The molecule has 0 saturated carbocycles. The fraction of sp³-hybridized carbons (Fsp3) is 0.526. The van der Waals surface area contributed by atoms with Crippen LogP contribution in [0.5, 0.6) is 11.5 Å². The largest absolute Gasteiger partial charge is 0.497 e. The number of unbranched alkanes of at least 4 members (excludes halogenated alkanes) is 2. The van der Waals surface area contributed by atoms with Gasteiger partial charge in [-0.1, -0.05) is 37.9 Å². The monoisotopic (exact) mass is 393 g/mol. The number of aromatic nitrogens is 2. The molecule has 1 aromatic carbocycles. The lowest BCUT2D eigenvalue weighted by molar-refractivity contribution is -0.119. The van der Waals surface area contributed by atoms with Gasteiger partial charge in [-0.25, -0.2) is 0 Å². The van der Waals surface area contributed by atoms with Crippen LogP contribution in [0.25, 0.3) is 11.5 Å². The Labute approximate surface area is 164 Å². The lowest BCUT2D eigenvalue weighted by atomic mass is 10.1. The number of rotatable bonds is 11. The highest BCUT2D eigenvalue weighted by Gasteiger charge is 2.16. The molecule has 0 bridgehead atoms. The van der Waals surface area contributed by atoms with Gasteiger partial charge in [-0.2, -0.15) is 0 Å². The third-order valence-corrected chi connectivity index (χ3v) is 4.84. The Balaban J connectivity index is 1.90. The molecule has 148 valence electrons. The topological polar surface area (TPSA) is 86.5 Å². The van der Waals surface area contributed by atoms with Crippen molar-refractivity contribution in [1.29, 1.82) is 0 Å². The zero-order valence-electron chi connectivity index (χ0n) is 16.3. The van der Waals surface area contributed by atoms with E-state index in [2.05, 4.69) is 22.4 Å². The van der Waals surface area contributed by atoms with Crippen LogP contribution in [0, 0.1) is 0 Å². The number of hydrogen-bond donors (Lipinski definition) is 1. The smallest absolute Gasteiger partial charge is 0.277 e. The molecule has 8 heteroatoms. The summed E-state index contributed by atoms with van der Waals surface area (Å²) in [5, 5.41) is 11.4. The maximum absolute atomic E-state index is 12.1. The molecule has 0 unspecified atom stereocenters. The molecule has 1 aromatic heterocycles. The highest BCUT2D eigenvalue weighted by Crippen LogP contribution is 2.33. The number of carbonyl (C=O) groups excluding carboxylic acids is 1. The second kappa shape index (κ2) is 10.8. The summed E-state index contributed by atoms with van der Waals surface area (Å²) in [7, 11) is 3.15. The number of thioether (sulfide) groups is 1. The summed E-state index contributed by atoms with van der Waals surface area (Å²) in [6.07, 6.45) is 4.48. The molecule has 1 heterocycles. The first-order valence-corrected chi connectivity index (χ1v) is 10.0. The Kier molecular flexibility index (Phi) is 8.44. The van der Waals surface area contributed by atoms with Gasteiger partial charge in [0.1, 0.15) is 11.5 Å². The number of ether oxygens (including phenoxy) is 2. The van der Waals surface area contributed by atoms with Gasteiger partial charge in [-0.15, -0.1) is 10.2 Å². The number of amides is 1. The molecule has 0 radical (unpaired) electrons. The Morgan fingerprint density at radius 2 is 2.07 bits per heavy atom. The summed E-state index contributed by atoms with van der Waals surface area (Å²) in [6, 6.07) is 5.51. The summed E-state index contributed by atoms with van der Waals surface area (Å²) in [4.78, 5) is 12.1. The van der Waals surface area contributed by atoms with Crippen LogP contribution >= 0.6 is 11.8 Å². The first-order chi connectivity index (χ1) is 13.1. The van der Waals surface area contributed by atoms with E-state index in [0.29, 0.717) is 28.2 Å². The predicted molar refractivity (Wildman–Crippen MR) is 105 cm³/mol. The molecule has 0 aliphatic rings. The van der Waals surface area contributed by atoms with Crippen molar-refractivity contribution >= 4 is 17.7 Å². The van der Waals surface area contributed by atoms with E-state index in [9.17, 15) is 4.79 Å². The van der Waals surface area contributed by atoms with Gasteiger partial charge in [0.05, 0.1) is 25.5 Å². The maximum atomic E-state index is 12.1. The second-order valence-electron chi connectivity index (χ2n) is 6.19. The third kappa shape index (κ3) is 6.46. The molecule has 1 atom stereocenters. The molecule has 0 aliphatic carbocycles.